The largest absolute Gasteiger partial charge is 0.487 e. The van der Waals surface area contributed by atoms with Crippen molar-refractivity contribution in [3.05, 3.63) is 104 Å². The normalized spacial score (nSPS) is 23.7. The van der Waals surface area contributed by atoms with Crippen LogP contribution in [0.1, 0.15) is 22.6 Å². The second-order valence-electron chi connectivity index (χ2n) is 8.55. The number of likely N-dealkylation sites (tertiary alicyclic amines) is 1. The molecule has 3 aromatic carbocycles. The Bertz CT molecular complexity index is 1300. The molecule has 2 aliphatic rings. The SMILES string of the molecule is CN1C[C@H](c2ccc(OCc3ccccc3Cl)c(Cl)c2)[C@H]([N+](=O)[O-])[C@@]12C(=O)Nc1ccccc12. The number of halogens is 2. The fourth-order valence-corrected chi connectivity index (χ4v) is 5.65. The first-order valence-electron chi connectivity index (χ1n) is 10.8. The molecule has 1 N–H and O–H groups in total. The molecule has 0 unspecified atom stereocenters. The van der Waals surface area contributed by atoms with Gasteiger partial charge in [-0.2, -0.15) is 0 Å². The van der Waals surface area contributed by atoms with E-state index in [1.165, 1.54) is 0 Å². The Balaban J connectivity index is 1.47. The number of carbonyl (C=O) groups excluding carboxylic acids is 1. The highest BCUT2D eigenvalue weighted by Gasteiger charge is 2.68. The number of para-hydroxylation sites is 1. The minimum absolute atomic E-state index is 0.239. The Kier molecular flexibility index (Phi) is 5.72. The minimum atomic E-state index is -1.39. The second kappa shape index (κ2) is 8.58. The topological polar surface area (TPSA) is 84.7 Å². The molecule has 1 saturated heterocycles. The summed E-state index contributed by atoms with van der Waals surface area (Å²) in [6.45, 7) is 0.562. The monoisotopic (exact) mass is 497 g/mol. The maximum absolute atomic E-state index is 13.2. The summed E-state index contributed by atoms with van der Waals surface area (Å²) < 4.78 is 5.85. The van der Waals surface area contributed by atoms with E-state index in [1.807, 2.05) is 18.2 Å². The van der Waals surface area contributed by atoms with E-state index in [4.69, 9.17) is 27.9 Å². The van der Waals surface area contributed by atoms with Crippen molar-refractivity contribution >= 4 is 34.8 Å². The van der Waals surface area contributed by atoms with Gasteiger partial charge in [0.15, 0.2) is 5.54 Å². The molecular weight excluding hydrogens is 477 g/mol. The number of rotatable bonds is 5. The van der Waals surface area contributed by atoms with Crippen LogP contribution in [-0.4, -0.2) is 35.4 Å². The first kappa shape index (κ1) is 22.7. The number of anilines is 1. The molecule has 0 aromatic heterocycles. The lowest BCUT2D eigenvalue weighted by Gasteiger charge is -2.30. The Morgan fingerprint density at radius 1 is 1.12 bits per heavy atom. The lowest BCUT2D eigenvalue weighted by Crippen LogP contribution is -2.54. The zero-order chi connectivity index (χ0) is 24.0. The number of likely N-dealkylation sites (N-methyl/N-ethyl adjacent to an activating group) is 1. The van der Waals surface area contributed by atoms with Gasteiger partial charge in [-0.25, -0.2) is 0 Å². The molecule has 1 fully saturated rings. The predicted molar refractivity (Wildman–Crippen MR) is 130 cm³/mol. The smallest absolute Gasteiger partial charge is 0.256 e. The molecule has 0 aliphatic carbocycles. The van der Waals surface area contributed by atoms with E-state index < -0.39 is 17.5 Å². The van der Waals surface area contributed by atoms with E-state index in [9.17, 15) is 14.9 Å². The van der Waals surface area contributed by atoms with Crippen LogP contribution in [0.2, 0.25) is 10.0 Å². The van der Waals surface area contributed by atoms with Gasteiger partial charge in [0.1, 0.15) is 12.4 Å². The van der Waals surface area contributed by atoms with Crippen molar-refractivity contribution in [2.45, 2.75) is 24.1 Å². The van der Waals surface area contributed by atoms with Crippen molar-refractivity contribution in [3.63, 3.8) is 0 Å². The quantitative estimate of drug-likeness (QED) is 0.391. The third-order valence-corrected chi connectivity index (χ3v) is 7.43. The number of nitro groups is 1. The van der Waals surface area contributed by atoms with E-state index in [2.05, 4.69) is 5.32 Å². The first-order chi connectivity index (χ1) is 16.3. The van der Waals surface area contributed by atoms with Crippen LogP contribution < -0.4 is 10.1 Å². The molecule has 9 heteroatoms. The molecule has 2 aliphatic heterocycles. The molecule has 0 radical (unpaired) electrons. The standard InChI is InChI=1S/C25H21Cl2N3O4/c1-29-13-17(23(30(32)33)25(29)18-7-3-5-9-21(18)28-24(25)31)15-10-11-22(20(27)12-15)34-14-16-6-2-4-8-19(16)26/h2-12,17,23H,13-14H2,1H3,(H,28,31)/t17-,23+,25+/m1/s1. The fourth-order valence-electron chi connectivity index (χ4n) is 5.22. The Morgan fingerprint density at radius 3 is 2.59 bits per heavy atom. The van der Waals surface area contributed by atoms with Gasteiger partial charge in [-0.3, -0.25) is 19.8 Å². The summed E-state index contributed by atoms with van der Waals surface area (Å²) in [6, 6.07) is 18.5. The maximum atomic E-state index is 13.2. The van der Waals surface area contributed by atoms with Gasteiger partial charge < -0.3 is 10.1 Å². The zero-order valence-electron chi connectivity index (χ0n) is 18.2. The van der Waals surface area contributed by atoms with Gasteiger partial charge in [0.25, 0.3) is 11.9 Å². The van der Waals surface area contributed by atoms with E-state index in [0.717, 1.165) is 5.56 Å². The zero-order valence-corrected chi connectivity index (χ0v) is 19.7. The molecule has 0 saturated carbocycles. The summed E-state index contributed by atoms with van der Waals surface area (Å²) in [4.78, 5) is 27.1. The number of amides is 1. The molecule has 2 heterocycles. The highest BCUT2D eigenvalue weighted by molar-refractivity contribution is 6.32. The average molecular weight is 498 g/mol. The number of hydrogen-bond acceptors (Lipinski definition) is 5. The first-order valence-corrected chi connectivity index (χ1v) is 11.5. The van der Waals surface area contributed by atoms with Crippen molar-refractivity contribution in [1.82, 2.24) is 4.90 Å². The van der Waals surface area contributed by atoms with Crippen molar-refractivity contribution in [2.75, 3.05) is 18.9 Å². The number of hydrogen-bond donors (Lipinski definition) is 1. The highest BCUT2D eigenvalue weighted by atomic mass is 35.5. The molecule has 174 valence electrons. The van der Waals surface area contributed by atoms with Crippen molar-refractivity contribution in [1.29, 1.82) is 0 Å². The summed E-state index contributed by atoms with van der Waals surface area (Å²) in [6.07, 6.45) is 0. The van der Waals surface area contributed by atoms with Crippen LogP contribution in [0.3, 0.4) is 0 Å². The Hall–Kier alpha value is -3.13. The van der Waals surface area contributed by atoms with Gasteiger partial charge >= 0.3 is 0 Å². The number of nitrogens with zero attached hydrogens (tertiary/aromatic N) is 2. The molecule has 3 aromatic rings. The van der Waals surface area contributed by atoms with Gasteiger partial charge in [-0.1, -0.05) is 65.7 Å². The van der Waals surface area contributed by atoms with Crippen LogP contribution in [0.5, 0.6) is 5.75 Å². The second-order valence-corrected chi connectivity index (χ2v) is 9.37. The average Bonchev–Trinajstić information content (AvgIpc) is 3.29. The number of fused-ring (bicyclic) bond motifs is 2. The molecule has 3 atom stereocenters. The van der Waals surface area contributed by atoms with Gasteiger partial charge in [0.05, 0.1) is 10.9 Å². The fraction of sp³-hybridized carbons (Fsp3) is 0.240. The summed E-state index contributed by atoms with van der Waals surface area (Å²) in [7, 11) is 1.75. The molecule has 1 spiro atoms. The van der Waals surface area contributed by atoms with Crippen molar-refractivity contribution < 1.29 is 14.5 Å². The maximum Gasteiger partial charge on any atom is 0.256 e. The molecule has 34 heavy (non-hydrogen) atoms. The van der Waals surface area contributed by atoms with Crippen molar-refractivity contribution in [2.24, 2.45) is 0 Å². The Morgan fingerprint density at radius 2 is 1.85 bits per heavy atom. The van der Waals surface area contributed by atoms with Gasteiger partial charge in [-0.05, 0) is 36.9 Å². The van der Waals surface area contributed by atoms with Gasteiger partial charge in [-0.15, -0.1) is 0 Å². The van der Waals surface area contributed by atoms with Gasteiger partial charge in [0, 0.05) is 33.3 Å². The summed E-state index contributed by atoms with van der Waals surface area (Å²) in [5.74, 6) is -0.480. The van der Waals surface area contributed by atoms with Crippen LogP contribution in [0.25, 0.3) is 0 Å². The van der Waals surface area contributed by atoms with E-state index in [-0.39, 0.29) is 17.4 Å². The van der Waals surface area contributed by atoms with E-state index in [1.54, 1.807) is 60.5 Å². The molecule has 5 rings (SSSR count). The van der Waals surface area contributed by atoms with Crippen LogP contribution in [0.4, 0.5) is 5.69 Å². The summed E-state index contributed by atoms with van der Waals surface area (Å²) >= 11 is 12.7. The summed E-state index contributed by atoms with van der Waals surface area (Å²) in [5, 5.41) is 16.2. The predicted octanol–water partition coefficient (Wildman–Crippen LogP) is 5.09. The molecule has 7 nitrogen and oxygen atoms in total. The Labute approximate surface area is 206 Å². The van der Waals surface area contributed by atoms with E-state index >= 15 is 0 Å². The van der Waals surface area contributed by atoms with Crippen molar-refractivity contribution in [3.8, 4) is 5.75 Å². The third-order valence-electron chi connectivity index (χ3n) is 6.77. The highest BCUT2D eigenvalue weighted by Crippen LogP contribution is 2.52. The third kappa shape index (κ3) is 3.43. The van der Waals surface area contributed by atoms with E-state index in [0.29, 0.717) is 39.2 Å². The lowest BCUT2D eigenvalue weighted by molar-refractivity contribution is -0.534. The molecule has 1 amide bonds. The number of nitrogens with one attached hydrogen (secondary N) is 1. The van der Waals surface area contributed by atoms with Crippen LogP contribution in [-0.2, 0) is 16.9 Å². The van der Waals surface area contributed by atoms with Crippen LogP contribution >= 0.6 is 23.2 Å². The van der Waals surface area contributed by atoms with Crippen LogP contribution in [0.15, 0.2) is 66.7 Å². The molecular formula is C25H21Cl2N3O4. The number of carbonyl (C=O) groups is 1. The molecule has 0 bridgehead atoms. The summed E-state index contributed by atoms with van der Waals surface area (Å²) in [5.41, 5.74) is 1.34. The van der Waals surface area contributed by atoms with Gasteiger partial charge in [0.2, 0.25) is 0 Å². The number of ether oxygens (including phenoxy) is 1. The minimum Gasteiger partial charge on any atom is -0.487 e. The van der Waals surface area contributed by atoms with Crippen LogP contribution in [0, 0.1) is 10.1 Å². The number of benzene rings is 3. The lowest BCUT2D eigenvalue weighted by atomic mass is 9.79.